The highest BCUT2D eigenvalue weighted by Gasteiger charge is 2.72. The van der Waals surface area contributed by atoms with E-state index in [4.69, 9.17) is 0 Å². The molecule has 5 N–H and O–H groups in total. The molecule has 39 heavy (non-hydrogen) atoms. The highest BCUT2D eigenvalue weighted by Crippen LogP contribution is 2.75. The van der Waals surface area contributed by atoms with E-state index in [2.05, 4.69) is 51.0 Å². The first-order valence-electron chi connectivity index (χ1n) is 15.5. The minimum atomic E-state index is -0.823. The molecule has 4 fully saturated rings. The van der Waals surface area contributed by atoms with Gasteiger partial charge in [0, 0.05) is 18.9 Å². The summed E-state index contributed by atoms with van der Waals surface area (Å²) < 4.78 is 0. The molecular weight excluding hydrogens is 488 g/mol. The lowest BCUT2D eigenvalue weighted by atomic mass is 9.35. The van der Waals surface area contributed by atoms with Crippen molar-refractivity contribution in [2.24, 2.45) is 45.3 Å². The van der Waals surface area contributed by atoms with Gasteiger partial charge in [0.15, 0.2) is 0 Å². The molecule has 6 heteroatoms. The Morgan fingerprint density at radius 1 is 1.00 bits per heavy atom. The zero-order valence-corrected chi connectivity index (χ0v) is 25.2. The fourth-order valence-electron chi connectivity index (χ4n) is 11.1. The van der Waals surface area contributed by atoms with Crippen molar-refractivity contribution in [3.05, 3.63) is 30.1 Å². The summed E-state index contributed by atoms with van der Waals surface area (Å²) >= 11 is 0. The van der Waals surface area contributed by atoms with Crippen molar-refractivity contribution in [3.8, 4) is 0 Å². The van der Waals surface area contributed by atoms with Gasteiger partial charge in [0.1, 0.15) is 0 Å². The van der Waals surface area contributed by atoms with E-state index in [1.54, 1.807) is 6.20 Å². The second kappa shape index (κ2) is 10.0. The van der Waals surface area contributed by atoms with Crippen molar-refractivity contribution >= 4 is 0 Å². The van der Waals surface area contributed by atoms with Gasteiger partial charge < -0.3 is 25.7 Å². The standard InChI is InChI=1S/C33H54N2O4/c1-29(2)25-11-14-31(4)26(30(25,3)18-24(37)28(29)38)17-23(36)27-22(10-13-32(27,31)5)33(6,39)12-8-16-35-20-21-9-7-15-34-19-21/h7,9,15,19,22-28,35-39H,8,10-14,16-18,20H2,1-6H3/t22-,23+,24+,25-,26+,27-,28-,30-,31+,32+,33-/m0/s1. The molecule has 4 aliphatic carbocycles. The minimum absolute atomic E-state index is 0.0242. The number of aromatic nitrogens is 1. The first-order valence-corrected chi connectivity index (χ1v) is 15.5. The molecule has 0 spiro atoms. The Morgan fingerprint density at radius 2 is 1.72 bits per heavy atom. The molecule has 1 aromatic rings. The van der Waals surface area contributed by atoms with E-state index in [0.717, 1.165) is 63.6 Å². The summed E-state index contributed by atoms with van der Waals surface area (Å²) in [5.74, 6) is 0.744. The number of rotatable bonds is 7. The topological polar surface area (TPSA) is 106 Å². The number of fused-ring (bicyclic) bond motifs is 5. The molecule has 5 rings (SSSR count). The molecular formula is C33H54N2O4. The number of aliphatic hydroxyl groups excluding tert-OH is 3. The van der Waals surface area contributed by atoms with Crippen molar-refractivity contribution in [2.45, 2.75) is 123 Å². The van der Waals surface area contributed by atoms with E-state index < -0.39 is 23.9 Å². The lowest BCUT2D eigenvalue weighted by molar-refractivity contribution is -0.263. The van der Waals surface area contributed by atoms with Gasteiger partial charge in [-0.15, -0.1) is 0 Å². The van der Waals surface area contributed by atoms with E-state index in [-0.39, 0.29) is 39.4 Å². The summed E-state index contributed by atoms with van der Waals surface area (Å²) in [5, 5.41) is 49.1. The molecule has 0 unspecified atom stereocenters. The zero-order chi connectivity index (χ0) is 28.4. The van der Waals surface area contributed by atoms with E-state index in [1.807, 2.05) is 19.2 Å². The van der Waals surface area contributed by atoms with Crippen molar-refractivity contribution < 1.29 is 20.4 Å². The van der Waals surface area contributed by atoms with Crippen LogP contribution in [-0.2, 0) is 6.54 Å². The maximum atomic E-state index is 11.9. The van der Waals surface area contributed by atoms with Crippen LogP contribution in [0.25, 0.3) is 0 Å². The monoisotopic (exact) mass is 542 g/mol. The molecule has 0 aliphatic heterocycles. The average Bonchev–Trinajstić information content (AvgIpc) is 3.25. The fraction of sp³-hybridized carbons (Fsp3) is 0.848. The third-order valence-electron chi connectivity index (χ3n) is 13.2. The number of hydrogen-bond donors (Lipinski definition) is 5. The third-order valence-corrected chi connectivity index (χ3v) is 13.2. The second-order valence-corrected chi connectivity index (χ2v) is 15.5. The summed E-state index contributed by atoms with van der Waals surface area (Å²) in [7, 11) is 0. The molecule has 0 radical (unpaired) electrons. The average molecular weight is 543 g/mol. The lowest BCUT2D eigenvalue weighted by Crippen LogP contribution is -2.68. The highest BCUT2D eigenvalue weighted by molar-refractivity contribution is 5.20. The maximum Gasteiger partial charge on any atom is 0.0852 e. The van der Waals surface area contributed by atoms with E-state index >= 15 is 0 Å². The Kier molecular flexibility index (Phi) is 7.58. The first-order chi connectivity index (χ1) is 18.2. The second-order valence-electron chi connectivity index (χ2n) is 15.5. The molecule has 1 aromatic heterocycles. The molecule has 0 amide bonds. The van der Waals surface area contributed by atoms with Crippen molar-refractivity contribution in [1.82, 2.24) is 10.3 Å². The van der Waals surface area contributed by atoms with Gasteiger partial charge in [-0.1, -0.05) is 40.7 Å². The van der Waals surface area contributed by atoms with Crippen LogP contribution in [0.2, 0.25) is 0 Å². The van der Waals surface area contributed by atoms with Crippen LogP contribution in [0, 0.1) is 45.3 Å². The minimum Gasteiger partial charge on any atom is -0.393 e. The van der Waals surface area contributed by atoms with Crippen molar-refractivity contribution in [3.63, 3.8) is 0 Å². The van der Waals surface area contributed by atoms with Gasteiger partial charge in [0.25, 0.3) is 0 Å². The first kappa shape index (κ1) is 29.4. The van der Waals surface area contributed by atoms with Crippen molar-refractivity contribution in [1.29, 1.82) is 0 Å². The summed E-state index contributed by atoms with van der Waals surface area (Å²) in [6.07, 6.45) is 8.80. The van der Waals surface area contributed by atoms with Crippen LogP contribution in [0.1, 0.15) is 98.5 Å². The summed E-state index contributed by atoms with van der Waals surface area (Å²) in [6.45, 7) is 15.1. The van der Waals surface area contributed by atoms with Crippen LogP contribution in [-0.4, -0.2) is 55.9 Å². The molecule has 0 bridgehead atoms. The summed E-state index contributed by atoms with van der Waals surface area (Å²) in [4.78, 5) is 4.17. The molecule has 4 saturated carbocycles. The summed E-state index contributed by atoms with van der Waals surface area (Å²) in [6, 6.07) is 4.02. The van der Waals surface area contributed by atoms with E-state index in [0.29, 0.717) is 12.3 Å². The van der Waals surface area contributed by atoms with Gasteiger partial charge in [0.2, 0.25) is 0 Å². The van der Waals surface area contributed by atoms with Gasteiger partial charge in [-0.25, -0.2) is 0 Å². The van der Waals surface area contributed by atoms with Crippen LogP contribution >= 0.6 is 0 Å². The van der Waals surface area contributed by atoms with Gasteiger partial charge in [-0.3, -0.25) is 4.98 Å². The lowest BCUT2D eigenvalue weighted by Gasteiger charge is -2.71. The highest BCUT2D eigenvalue weighted by atomic mass is 16.3. The number of pyridine rings is 1. The maximum absolute atomic E-state index is 11.9. The van der Waals surface area contributed by atoms with Gasteiger partial charge in [0.05, 0.1) is 23.9 Å². The number of aliphatic hydroxyl groups is 4. The molecule has 0 aromatic carbocycles. The predicted octanol–water partition coefficient (Wildman–Crippen LogP) is 4.69. The normalized spacial score (nSPS) is 46.6. The fourth-order valence-corrected chi connectivity index (χ4v) is 11.1. The molecule has 1 heterocycles. The Morgan fingerprint density at radius 3 is 2.41 bits per heavy atom. The zero-order valence-electron chi connectivity index (χ0n) is 25.2. The van der Waals surface area contributed by atoms with Gasteiger partial charge >= 0.3 is 0 Å². The Bertz CT molecular complexity index is 1020. The van der Waals surface area contributed by atoms with E-state index in [9.17, 15) is 20.4 Å². The Hall–Kier alpha value is -1.05. The van der Waals surface area contributed by atoms with E-state index in [1.165, 1.54) is 0 Å². The molecule has 4 aliphatic rings. The van der Waals surface area contributed by atoms with Crippen LogP contribution in [0.5, 0.6) is 0 Å². The predicted molar refractivity (Wildman–Crippen MR) is 154 cm³/mol. The molecule has 220 valence electrons. The number of nitrogens with zero attached hydrogens (tertiary/aromatic N) is 1. The number of nitrogens with one attached hydrogen (secondary N) is 1. The molecule has 11 atom stereocenters. The molecule has 6 nitrogen and oxygen atoms in total. The SMILES string of the molecule is CC1(C)[C@@H](O)[C@H](O)C[C@]2(C)[C@H]3C[C@@H](O)[C@@H]4[C@@H]([C@@](C)(O)CCCNCc5cccnc5)CC[C@@]4(C)[C@]3(C)CC[C@@H]12. The van der Waals surface area contributed by atoms with Gasteiger partial charge in [-0.2, -0.15) is 0 Å². The van der Waals surface area contributed by atoms with Crippen molar-refractivity contribution in [2.75, 3.05) is 6.54 Å². The van der Waals surface area contributed by atoms with Gasteiger partial charge in [-0.05, 0) is 122 Å². The molecule has 0 saturated heterocycles. The Labute approximate surface area is 236 Å². The van der Waals surface area contributed by atoms with Crippen LogP contribution < -0.4 is 5.32 Å². The number of hydrogen-bond acceptors (Lipinski definition) is 6. The third kappa shape index (κ3) is 4.52. The quantitative estimate of drug-likeness (QED) is 0.320. The van der Waals surface area contributed by atoms with Crippen LogP contribution in [0.4, 0.5) is 0 Å². The Balaban J connectivity index is 1.31. The van der Waals surface area contributed by atoms with Crippen LogP contribution in [0.3, 0.4) is 0 Å². The largest absolute Gasteiger partial charge is 0.393 e. The summed E-state index contributed by atoms with van der Waals surface area (Å²) in [5.41, 5.74) is -0.196. The van der Waals surface area contributed by atoms with Crippen LogP contribution in [0.15, 0.2) is 24.5 Å². The smallest absolute Gasteiger partial charge is 0.0852 e.